The highest BCUT2D eigenvalue weighted by Gasteiger charge is 2.26. The van der Waals surface area contributed by atoms with E-state index in [1.807, 2.05) is 0 Å². The van der Waals surface area contributed by atoms with E-state index < -0.39 is 11.3 Å². The van der Waals surface area contributed by atoms with Crippen LogP contribution >= 0.6 is 0 Å². The molecule has 17 heavy (non-hydrogen) atoms. The normalized spacial score (nSPS) is 11.0. The standard InChI is InChI=1S/C11H20N2O4/c1-11(2,5-6-14)8(15)3-4-10(17)13-7-9(12)16/h14H,3-7H2,1-2H3,(H2,12,16)(H,13,17). The summed E-state index contributed by atoms with van der Waals surface area (Å²) in [6.45, 7) is 3.18. The molecule has 0 radical (unpaired) electrons. The van der Waals surface area contributed by atoms with Gasteiger partial charge in [-0.3, -0.25) is 14.4 Å². The fraction of sp³-hybridized carbons (Fsp3) is 0.727. The van der Waals surface area contributed by atoms with Gasteiger partial charge >= 0.3 is 0 Å². The maximum Gasteiger partial charge on any atom is 0.236 e. The van der Waals surface area contributed by atoms with Gasteiger partial charge in [-0.25, -0.2) is 0 Å². The van der Waals surface area contributed by atoms with E-state index in [0.29, 0.717) is 6.42 Å². The summed E-state index contributed by atoms with van der Waals surface area (Å²) in [4.78, 5) is 33.3. The lowest BCUT2D eigenvalue weighted by Gasteiger charge is -2.21. The SMILES string of the molecule is CC(C)(CCO)C(=O)CCC(=O)NCC(N)=O. The van der Waals surface area contributed by atoms with Gasteiger partial charge in [-0.05, 0) is 6.42 Å². The van der Waals surface area contributed by atoms with Crippen LogP contribution in [0.2, 0.25) is 0 Å². The lowest BCUT2D eigenvalue weighted by molar-refractivity contribution is -0.131. The maximum atomic E-state index is 11.7. The van der Waals surface area contributed by atoms with Crippen molar-refractivity contribution in [1.29, 1.82) is 0 Å². The second-order valence-electron chi connectivity index (χ2n) is 4.52. The number of ketones is 1. The number of hydrogen-bond donors (Lipinski definition) is 3. The van der Waals surface area contributed by atoms with Crippen molar-refractivity contribution in [3.05, 3.63) is 0 Å². The first-order valence-electron chi connectivity index (χ1n) is 5.49. The maximum absolute atomic E-state index is 11.7. The smallest absolute Gasteiger partial charge is 0.236 e. The van der Waals surface area contributed by atoms with Crippen LogP contribution in [0.5, 0.6) is 0 Å². The third-order valence-corrected chi connectivity index (χ3v) is 2.53. The fourth-order valence-corrected chi connectivity index (χ4v) is 1.26. The van der Waals surface area contributed by atoms with Crippen molar-refractivity contribution in [1.82, 2.24) is 5.32 Å². The van der Waals surface area contributed by atoms with E-state index in [2.05, 4.69) is 5.32 Å². The number of aliphatic hydroxyl groups is 1. The second-order valence-corrected chi connectivity index (χ2v) is 4.52. The topological polar surface area (TPSA) is 109 Å². The van der Waals surface area contributed by atoms with Crippen LogP contribution in [0.25, 0.3) is 0 Å². The van der Waals surface area contributed by atoms with Gasteiger partial charge in [-0.1, -0.05) is 13.8 Å². The number of carbonyl (C=O) groups excluding carboxylic acids is 3. The number of amides is 2. The highest BCUT2D eigenvalue weighted by atomic mass is 16.3. The van der Waals surface area contributed by atoms with Crippen molar-refractivity contribution in [2.45, 2.75) is 33.1 Å². The average Bonchev–Trinajstić information content (AvgIpc) is 2.22. The summed E-state index contributed by atoms with van der Waals surface area (Å²) in [7, 11) is 0. The molecule has 0 saturated heterocycles. The molecule has 6 heteroatoms. The van der Waals surface area contributed by atoms with E-state index in [-0.39, 0.29) is 37.7 Å². The zero-order valence-electron chi connectivity index (χ0n) is 10.3. The van der Waals surface area contributed by atoms with Crippen LogP contribution in [0.15, 0.2) is 0 Å². The highest BCUT2D eigenvalue weighted by molar-refractivity contribution is 5.89. The molecule has 0 aromatic carbocycles. The Morgan fingerprint density at radius 1 is 1.24 bits per heavy atom. The number of nitrogens with one attached hydrogen (secondary N) is 1. The number of carbonyl (C=O) groups is 3. The minimum Gasteiger partial charge on any atom is -0.396 e. The average molecular weight is 244 g/mol. The molecule has 0 saturated carbocycles. The Hall–Kier alpha value is -1.43. The summed E-state index contributed by atoms with van der Waals surface area (Å²) < 4.78 is 0. The van der Waals surface area contributed by atoms with E-state index in [1.165, 1.54) is 0 Å². The molecular weight excluding hydrogens is 224 g/mol. The molecule has 0 aliphatic heterocycles. The van der Waals surface area contributed by atoms with Crippen LogP contribution in [-0.2, 0) is 14.4 Å². The molecule has 0 spiro atoms. The number of rotatable bonds is 8. The van der Waals surface area contributed by atoms with Gasteiger partial charge in [0.2, 0.25) is 11.8 Å². The molecule has 0 fully saturated rings. The molecule has 0 aliphatic rings. The van der Waals surface area contributed by atoms with Gasteiger partial charge in [0.15, 0.2) is 0 Å². The Labute approximate surface area is 101 Å². The Kier molecular flexibility index (Phi) is 6.42. The predicted octanol–water partition coefficient (Wildman–Crippen LogP) is -0.654. The van der Waals surface area contributed by atoms with Gasteiger partial charge in [-0.2, -0.15) is 0 Å². The number of hydrogen-bond acceptors (Lipinski definition) is 4. The third kappa shape index (κ3) is 6.68. The van der Waals surface area contributed by atoms with Crippen molar-refractivity contribution in [2.75, 3.05) is 13.2 Å². The van der Waals surface area contributed by atoms with Crippen molar-refractivity contribution in [3.8, 4) is 0 Å². The van der Waals surface area contributed by atoms with E-state index in [9.17, 15) is 14.4 Å². The Morgan fingerprint density at radius 3 is 2.29 bits per heavy atom. The van der Waals surface area contributed by atoms with Crippen LogP contribution in [0.3, 0.4) is 0 Å². The minimum atomic E-state index is -0.626. The molecule has 98 valence electrons. The summed E-state index contributed by atoms with van der Waals surface area (Å²) in [6.07, 6.45) is 0.493. The first-order chi connectivity index (χ1) is 7.79. The summed E-state index contributed by atoms with van der Waals surface area (Å²) in [5.41, 5.74) is 4.23. The molecule has 2 amide bonds. The summed E-state index contributed by atoms with van der Waals surface area (Å²) >= 11 is 0. The van der Waals surface area contributed by atoms with Gasteiger partial charge < -0.3 is 16.2 Å². The molecule has 0 aromatic heterocycles. The molecular formula is C11H20N2O4. The number of nitrogens with two attached hydrogens (primary N) is 1. The monoisotopic (exact) mass is 244 g/mol. The molecule has 0 rings (SSSR count). The molecule has 0 aliphatic carbocycles. The third-order valence-electron chi connectivity index (χ3n) is 2.53. The van der Waals surface area contributed by atoms with Crippen molar-refractivity contribution >= 4 is 17.6 Å². The van der Waals surface area contributed by atoms with Crippen LogP contribution < -0.4 is 11.1 Å². The predicted molar refractivity (Wildman–Crippen MR) is 61.9 cm³/mol. The van der Waals surface area contributed by atoms with E-state index in [4.69, 9.17) is 10.8 Å². The first-order valence-corrected chi connectivity index (χ1v) is 5.49. The molecule has 0 atom stereocenters. The molecule has 0 unspecified atom stereocenters. The second kappa shape index (κ2) is 7.01. The van der Waals surface area contributed by atoms with Crippen LogP contribution in [0.4, 0.5) is 0 Å². The lowest BCUT2D eigenvalue weighted by atomic mass is 9.83. The van der Waals surface area contributed by atoms with E-state index in [0.717, 1.165) is 0 Å². The quantitative estimate of drug-likeness (QED) is 0.526. The number of Topliss-reactive ketones (excluding diaryl/α,β-unsaturated/α-hetero) is 1. The highest BCUT2D eigenvalue weighted by Crippen LogP contribution is 2.23. The Morgan fingerprint density at radius 2 is 1.82 bits per heavy atom. The molecule has 4 N–H and O–H groups in total. The first kappa shape index (κ1) is 15.6. The van der Waals surface area contributed by atoms with Crippen molar-refractivity contribution in [3.63, 3.8) is 0 Å². The number of aliphatic hydroxyl groups excluding tert-OH is 1. The molecule has 0 heterocycles. The fourth-order valence-electron chi connectivity index (χ4n) is 1.26. The van der Waals surface area contributed by atoms with Crippen LogP contribution in [-0.4, -0.2) is 35.9 Å². The van der Waals surface area contributed by atoms with Gasteiger partial charge in [0.05, 0.1) is 6.54 Å². The van der Waals surface area contributed by atoms with E-state index >= 15 is 0 Å². The number of primary amides is 1. The Balaban J connectivity index is 3.99. The van der Waals surface area contributed by atoms with Gasteiger partial charge in [0.1, 0.15) is 5.78 Å². The van der Waals surface area contributed by atoms with Crippen LogP contribution in [0, 0.1) is 5.41 Å². The van der Waals surface area contributed by atoms with Crippen molar-refractivity contribution in [2.24, 2.45) is 11.1 Å². The largest absolute Gasteiger partial charge is 0.396 e. The lowest BCUT2D eigenvalue weighted by Crippen LogP contribution is -2.34. The van der Waals surface area contributed by atoms with Gasteiger partial charge in [0, 0.05) is 24.9 Å². The summed E-state index contributed by atoms with van der Waals surface area (Å²) in [5, 5.41) is 11.1. The summed E-state index contributed by atoms with van der Waals surface area (Å²) in [5.74, 6) is -1.08. The molecule has 0 aromatic rings. The molecule has 0 bridgehead atoms. The summed E-state index contributed by atoms with van der Waals surface area (Å²) in [6, 6.07) is 0. The van der Waals surface area contributed by atoms with Crippen LogP contribution in [0.1, 0.15) is 33.1 Å². The zero-order valence-corrected chi connectivity index (χ0v) is 10.3. The van der Waals surface area contributed by atoms with E-state index in [1.54, 1.807) is 13.8 Å². The van der Waals surface area contributed by atoms with Gasteiger partial charge in [0.25, 0.3) is 0 Å². The zero-order chi connectivity index (χ0) is 13.5. The Bertz CT molecular complexity index is 300. The molecule has 6 nitrogen and oxygen atoms in total. The van der Waals surface area contributed by atoms with Crippen molar-refractivity contribution < 1.29 is 19.5 Å². The van der Waals surface area contributed by atoms with Gasteiger partial charge in [-0.15, -0.1) is 0 Å². The minimum absolute atomic E-state index is 0.0287.